The number of carbonyl (C=O) groups is 1. The number of carbonyl (C=O) groups excluding carboxylic acids is 1. The van der Waals surface area contributed by atoms with Gasteiger partial charge in [0.15, 0.2) is 4.96 Å². The summed E-state index contributed by atoms with van der Waals surface area (Å²) >= 11 is 1.62. The number of thiazole rings is 1. The minimum absolute atomic E-state index is 0.204. The van der Waals surface area contributed by atoms with Crippen LogP contribution in [0.4, 0.5) is 0 Å². The summed E-state index contributed by atoms with van der Waals surface area (Å²) in [6.07, 6.45) is 4.03. The van der Waals surface area contributed by atoms with Crippen LogP contribution < -0.4 is 5.32 Å². The van der Waals surface area contributed by atoms with Crippen molar-refractivity contribution in [1.82, 2.24) is 24.5 Å². The van der Waals surface area contributed by atoms with Crippen LogP contribution in [0, 0.1) is 0 Å². The van der Waals surface area contributed by atoms with Crippen molar-refractivity contribution in [3.63, 3.8) is 0 Å². The molecule has 1 saturated heterocycles. The Morgan fingerprint density at radius 2 is 2.30 bits per heavy atom. The standard InChI is InChI=1S/C13H19N5OS/c1-16(10-12(19)17-4-2-14-3-5-17)8-11-9-18-6-7-20-13(18)15-11/h6-7,9,14H,2-5,8,10H2,1H3. The molecule has 2 aromatic rings. The number of fused-ring (bicyclic) bond motifs is 1. The van der Waals surface area contributed by atoms with Gasteiger partial charge < -0.3 is 10.2 Å². The second-order valence-corrected chi connectivity index (χ2v) is 6.00. The molecule has 3 rings (SSSR count). The van der Waals surface area contributed by atoms with Crippen LogP contribution in [0.5, 0.6) is 0 Å². The zero-order valence-electron chi connectivity index (χ0n) is 11.6. The average molecular weight is 293 g/mol. The Morgan fingerprint density at radius 3 is 3.05 bits per heavy atom. The summed E-state index contributed by atoms with van der Waals surface area (Å²) in [6, 6.07) is 0. The molecular formula is C13H19N5OS. The summed E-state index contributed by atoms with van der Waals surface area (Å²) in [5.74, 6) is 0.204. The first-order chi connectivity index (χ1) is 9.72. The zero-order chi connectivity index (χ0) is 13.9. The van der Waals surface area contributed by atoms with Gasteiger partial charge in [0.1, 0.15) is 0 Å². The van der Waals surface area contributed by atoms with Crippen LogP contribution in [0.15, 0.2) is 17.8 Å². The summed E-state index contributed by atoms with van der Waals surface area (Å²) in [7, 11) is 1.97. The van der Waals surface area contributed by atoms with Crippen LogP contribution in [0.2, 0.25) is 0 Å². The van der Waals surface area contributed by atoms with Crippen LogP contribution in [0.1, 0.15) is 5.69 Å². The molecule has 1 N–H and O–H groups in total. The molecule has 0 aliphatic carbocycles. The zero-order valence-corrected chi connectivity index (χ0v) is 12.4. The molecule has 0 radical (unpaired) electrons. The highest BCUT2D eigenvalue weighted by molar-refractivity contribution is 7.15. The lowest BCUT2D eigenvalue weighted by Gasteiger charge is -2.29. The molecule has 2 aromatic heterocycles. The number of hydrogen-bond acceptors (Lipinski definition) is 5. The summed E-state index contributed by atoms with van der Waals surface area (Å²) in [6.45, 7) is 4.57. The van der Waals surface area contributed by atoms with Gasteiger partial charge in [0.25, 0.3) is 0 Å². The Labute approximate surface area is 122 Å². The number of likely N-dealkylation sites (N-methyl/N-ethyl adjacent to an activating group) is 1. The third kappa shape index (κ3) is 3.00. The third-order valence-electron chi connectivity index (χ3n) is 3.45. The Hall–Kier alpha value is -1.44. The van der Waals surface area contributed by atoms with Gasteiger partial charge in [-0.05, 0) is 7.05 Å². The van der Waals surface area contributed by atoms with Crippen LogP contribution in [0.25, 0.3) is 4.96 Å². The van der Waals surface area contributed by atoms with Gasteiger partial charge in [0, 0.05) is 50.5 Å². The van der Waals surface area contributed by atoms with Crippen molar-refractivity contribution in [2.75, 3.05) is 39.8 Å². The van der Waals surface area contributed by atoms with E-state index in [1.807, 2.05) is 39.0 Å². The number of aromatic nitrogens is 2. The lowest BCUT2D eigenvalue weighted by Crippen LogP contribution is -2.49. The van der Waals surface area contributed by atoms with E-state index in [9.17, 15) is 4.79 Å². The van der Waals surface area contributed by atoms with E-state index in [1.54, 1.807) is 11.3 Å². The number of piperazine rings is 1. The summed E-state index contributed by atoms with van der Waals surface area (Å²) in [5.41, 5.74) is 1.01. The van der Waals surface area contributed by atoms with Gasteiger partial charge in [0.05, 0.1) is 12.2 Å². The van der Waals surface area contributed by atoms with E-state index in [0.29, 0.717) is 13.1 Å². The Kier molecular flexibility index (Phi) is 4.00. The van der Waals surface area contributed by atoms with Crippen LogP contribution in [-0.4, -0.2) is 64.9 Å². The lowest BCUT2D eigenvalue weighted by molar-refractivity contribution is -0.132. The van der Waals surface area contributed by atoms with E-state index in [4.69, 9.17) is 0 Å². The molecule has 0 saturated carbocycles. The highest BCUT2D eigenvalue weighted by atomic mass is 32.1. The first-order valence-electron chi connectivity index (χ1n) is 6.80. The molecule has 1 aliphatic rings. The molecule has 1 fully saturated rings. The maximum absolute atomic E-state index is 12.2. The van der Waals surface area contributed by atoms with E-state index in [2.05, 4.69) is 10.3 Å². The van der Waals surface area contributed by atoms with Gasteiger partial charge in [-0.25, -0.2) is 4.98 Å². The van der Waals surface area contributed by atoms with Crippen molar-refractivity contribution in [2.24, 2.45) is 0 Å². The molecule has 20 heavy (non-hydrogen) atoms. The van der Waals surface area contributed by atoms with Gasteiger partial charge in [-0.3, -0.25) is 14.1 Å². The van der Waals surface area contributed by atoms with Crippen molar-refractivity contribution in [3.8, 4) is 0 Å². The summed E-state index contributed by atoms with van der Waals surface area (Å²) < 4.78 is 2.02. The minimum Gasteiger partial charge on any atom is -0.339 e. The van der Waals surface area contributed by atoms with Gasteiger partial charge in [-0.1, -0.05) is 0 Å². The van der Waals surface area contributed by atoms with Crippen LogP contribution >= 0.6 is 11.3 Å². The van der Waals surface area contributed by atoms with E-state index >= 15 is 0 Å². The van der Waals surface area contributed by atoms with Gasteiger partial charge in [-0.15, -0.1) is 11.3 Å². The molecule has 0 aromatic carbocycles. The first-order valence-corrected chi connectivity index (χ1v) is 7.68. The normalized spacial score (nSPS) is 16.2. The third-order valence-corrected chi connectivity index (χ3v) is 4.22. The SMILES string of the molecule is CN(CC(=O)N1CCNCC1)Cc1cn2ccsc2n1. The summed E-state index contributed by atoms with van der Waals surface area (Å²) in [4.78, 5) is 21.6. The monoisotopic (exact) mass is 293 g/mol. The highest BCUT2D eigenvalue weighted by Crippen LogP contribution is 2.12. The van der Waals surface area contributed by atoms with Crippen molar-refractivity contribution in [2.45, 2.75) is 6.54 Å². The van der Waals surface area contributed by atoms with Crippen molar-refractivity contribution >= 4 is 22.2 Å². The number of imidazole rings is 1. The second-order valence-electron chi connectivity index (χ2n) is 5.13. The molecule has 108 valence electrons. The molecule has 6 nitrogen and oxygen atoms in total. The molecular weight excluding hydrogens is 274 g/mol. The van der Waals surface area contributed by atoms with E-state index < -0.39 is 0 Å². The Balaban J connectivity index is 1.54. The average Bonchev–Trinajstić information content (AvgIpc) is 3.00. The fraction of sp³-hybridized carbons (Fsp3) is 0.538. The lowest BCUT2D eigenvalue weighted by atomic mass is 10.3. The van der Waals surface area contributed by atoms with E-state index in [-0.39, 0.29) is 5.91 Å². The molecule has 3 heterocycles. The molecule has 7 heteroatoms. The van der Waals surface area contributed by atoms with Crippen molar-refractivity contribution < 1.29 is 4.79 Å². The topological polar surface area (TPSA) is 52.9 Å². The van der Waals surface area contributed by atoms with Crippen LogP contribution in [0.3, 0.4) is 0 Å². The number of amides is 1. The molecule has 0 spiro atoms. The maximum atomic E-state index is 12.2. The Morgan fingerprint density at radius 1 is 1.50 bits per heavy atom. The largest absolute Gasteiger partial charge is 0.339 e. The van der Waals surface area contributed by atoms with E-state index in [0.717, 1.165) is 36.8 Å². The fourth-order valence-corrected chi connectivity index (χ4v) is 3.15. The smallest absolute Gasteiger partial charge is 0.236 e. The molecule has 0 bridgehead atoms. The molecule has 1 aliphatic heterocycles. The maximum Gasteiger partial charge on any atom is 0.236 e. The number of nitrogens with one attached hydrogen (secondary N) is 1. The first kappa shape index (κ1) is 13.5. The van der Waals surface area contributed by atoms with E-state index in [1.165, 1.54) is 0 Å². The summed E-state index contributed by atoms with van der Waals surface area (Å²) in [5, 5.41) is 5.27. The second kappa shape index (κ2) is 5.90. The molecule has 1 amide bonds. The van der Waals surface area contributed by atoms with Gasteiger partial charge >= 0.3 is 0 Å². The van der Waals surface area contributed by atoms with Crippen molar-refractivity contribution in [3.05, 3.63) is 23.5 Å². The predicted octanol–water partition coefficient (Wildman–Crippen LogP) is 0.259. The molecule has 0 unspecified atom stereocenters. The number of rotatable bonds is 4. The fourth-order valence-electron chi connectivity index (χ4n) is 2.43. The molecule has 0 atom stereocenters. The predicted molar refractivity (Wildman–Crippen MR) is 78.9 cm³/mol. The number of nitrogens with zero attached hydrogens (tertiary/aromatic N) is 4. The van der Waals surface area contributed by atoms with Gasteiger partial charge in [-0.2, -0.15) is 0 Å². The van der Waals surface area contributed by atoms with Gasteiger partial charge in [0.2, 0.25) is 5.91 Å². The van der Waals surface area contributed by atoms with Crippen molar-refractivity contribution in [1.29, 1.82) is 0 Å². The number of hydrogen-bond donors (Lipinski definition) is 1. The quantitative estimate of drug-likeness (QED) is 0.878. The minimum atomic E-state index is 0.204. The highest BCUT2D eigenvalue weighted by Gasteiger charge is 2.18. The van der Waals surface area contributed by atoms with Crippen LogP contribution in [-0.2, 0) is 11.3 Å². The Bertz CT molecular complexity index is 558.